The van der Waals surface area contributed by atoms with Crippen LogP contribution >= 0.6 is 0 Å². The second-order valence-electron chi connectivity index (χ2n) is 9.02. The summed E-state index contributed by atoms with van der Waals surface area (Å²) in [6, 6.07) is 0. The normalized spacial score (nSPS) is 33.8. The van der Waals surface area contributed by atoms with E-state index in [2.05, 4.69) is 6.58 Å². The van der Waals surface area contributed by atoms with E-state index in [-0.39, 0.29) is 23.8 Å². The molecule has 4 rings (SSSR count). The van der Waals surface area contributed by atoms with E-state index in [1.54, 1.807) is 0 Å². The summed E-state index contributed by atoms with van der Waals surface area (Å²) in [5, 5.41) is -4.99. The topological polar surface area (TPSA) is 107 Å². The number of esters is 2. The van der Waals surface area contributed by atoms with Gasteiger partial charge in [0.05, 0.1) is 12.0 Å². The Morgan fingerprint density at radius 2 is 1.80 bits per heavy atom. The highest BCUT2D eigenvalue weighted by atomic mass is 32.2. The molecule has 0 aromatic rings. The molecule has 1 N–H and O–H groups in total. The van der Waals surface area contributed by atoms with Crippen LogP contribution in [0.1, 0.15) is 51.9 Å². The summed E-state index contributed by atoms with van der Waals surface area (Å²) in [4.78, 5) is 24.9. The number of carbonyl (C=O) groups excluding carboxylic acids is 2. The first kappa shape index (κ1) is 23.1. The molecule has 0 radical (unpaired) electrons. The smallest absolute Gasteiger partial charge is 0.400 e. The molecule has 0 saturated heterocycles. The van der Waals surface area contributed by atoms with Crippen molar-refractivity contribution in [2.45, 2.75) is 68.9 Å². The van der Waals surface area contributed by atoms with E-state index in [0.717, 1.165) is 6.42 Å². The van der Waals surface area contributed by atoms with Gasteiger partial charge < -0.3 is 9.47 Å². The van der Waals surface area contributed by atoms with Crippen molar-refractivity contribution in [1.29, 1.82) is 0 Å². The Kier molecular flexibility index (Phi) is 5.77. The molecule has 0 aromatic heterocycles. The van der Waals surface area contributed by atoms with Crippen molar-refractivity contribution in [3.63, 3.8) is 0 Å². The van der Waals surface area contributed by atoms with Gasteiger partial charge in [0.1, 0.15) is 5.60 Å². The third kappa shape index (κ3) is 4.10. The Balaban J connectivity index is 1.66. The second kappa shape index (κ2) is 7.51. The summed E-state index contributed by atoms with van der Waals surface area (Å²) in [5.41, 5.74) is -1.51. The molecule has 4 bridgehead atoms. The lowest BCUT2D eigenvalue weighted by Gasteiger charge is -2.59. The molecule has 4 fully saturated rings. The number of alkyl halides is 3. The molecule has 0 aromatic carbocycles. The van der Waals surface area contributed by atoms with Crippen molar-refractivity contribution in [2.75, 3.05) is 6.61 Å². The molecule has 3 unspecified atom stereocenters. The molecule has 4 aliphatic rings. The fraction of sp³-hybridized carbons (Fsp3) is 0.789. The molecule has 30 heavy (non-hydrogen) atoms. The first-order valence-electron chi connectivity index (χ1n) is 9.75. The molecular formula is C19H25F3O7S. The van der Waals surface area contributed by atoms with Crippen molar-refractivity contribution in [3.05, 3.63) is 12.2 Å². The van der Waals surface area contributed by atoms with Crippen LogP contribution in [0.4, 0.5) is 13.2 Å². The summed E-state index contributed by atoms with van der Waals surface area (Å²) < 4.78 is 80.6. The molecular weight excluding hydrogens is 429 g/mol. The molecule has 4 saturated carbocycles. The zero-order valence-electron chi connectivity index (χ0n) is 16.5. The lowest BCUT2D eigenvalue weighted by Crippen LogP contribution is -2.60. The van der Waals surface area contributed by atoms with Crippen molar-refractivity contribution in [1.82, 2.24) is 0 Å². The van der Waals surface area contributed by atoms with Crippen LogP contribution < -0.4 is 0 Å². The van der Waals surface area contributed by atoms with Crippen LogP contribution in [0.25, 0.3) is 0 Å². The lowest BCUT2D eigenvalue weighted by molar-refractivity contribution is -0.210. The van der Waals surface area contributed by atoms with Crippen molar-refractivity contribution in [2.24, 2.45) is 17.3 Å². The summed E-state index contributed by atoms with van der Waals surface area (Å²) in [6.07, 6.45) is -0.893. The van der Waals surface area contributed by atoms with E-state index in [9.17, 15) is 31.2 Å². The van der Waals surface area contributed by atoms with Crippen LogP contribution in [-0.4, -0.2) is 48.5 Å². The van der Waals surface area contributed by atoms with E-state index in [1.807, 2.05) is 0 Å². The Morgan fingerprint density at radius 1 is 1.23 bits per heavy atom. The molecule has 3 atom stereocenters. The average Bonchev–Trinajstić information content (AvgIpc) is 2.58. The van der Waals surface area contributed by atoms with Gasteiger partial charge in [-0.25, -0.2) is 9.18 Å². The van der Waals surface area contributed by atoms with Crippen LogP contribution in [0.15, 0.2) is 12.2 Å². The van der Waals surface area contributed by atoms with E-state index in [1.165, 1.54) is 6.92 Å². The average molecular weight is 454 g/mol. The number of carbonyl (C=O) groups is 2. The monoisotopic (exact) mass is 454 g/mol. The fourth-order valence-electron chi connectivity index (χ4n) is 5.56. The lowest BCUT2D eigenvalue weighted by atomic mass is 9.48. The van der Waals surface area contributed by atoms with Gasteiger partial charge in [-0.15, -0.1) is 0 Å². The number of halogens is 3. The summed E-state index contributed by atoms with van der Waals surface area (Å²) in [6.45, 7) is 4.34. The second-order valence-corrected chi connectivity index (χ2v) is 10.5. The number of hydrogen-bond donors (Lipinski definition) is 1. The quantitative estimate of drug-likeness (QED) is 0.341. The van der Waals surface area contributed by atoms with Crippen LogP contribution in [0, 0.1) is 17.3 Å². The van der Waals surface area contributed by atoms with E-state index in [4.69, 9.17) is 14.0 Å². The van der Waals surface area contributed by atoms with Gasteiger partial charge in [0, 0.05) is 18.4 Å². The van der Waals surface area contributed by atoms with Gasteiger partial charge in [-0.05, 0) is 50.9 Å². The Hall–Kier alpha value is -1.62. The SMILES string of the molecule is C=C(C)C(=O)OC12CC3CC(C1)CC(C(=O)OCCC(F)C(F)(F)S(=O)(=O)O)(C3)C2. The molecule has 0 spiro atoms. The minimum atomic E-state index is -5.92. The summed E-state index contributed by atoms with van der Waals surface area (Å²) in [5.74, 6) is -0.924. The predicted molar refractivity (Wildman–Crippen MR) is 97.7 cm³/mol. The third-order valence-electron chi connectivity index (χ3n) is 6.41. The maximum atomic E-state index is 13.6. The Labute approximate surface area is 172 Å². The number of rotatable bonds is 8. The number of ether oxygens (including phenoxy) is 2. The zero-order valence-corrected chi connectivity index (χ0v) is 17.4. The highest BCUT2D eigenvalue weighted by Crippen LogP contribution is 2.63. The molecule has 0 aliphatic heterocycles. The molecule has 170 valence electrons. The molecule has 0 amide bonds. The van der Waals surface area contributed by atoms with Crippen LogP contribution in [0.5, 0.6) is 0 Å². The first-order chi connectivity index (χ1) is 13.7. The fourth-order valence-corrected chi connectivity index (χ4v) is 6.00. The summed E-state index contributed by atoms with van der Waals surface area (Å²) >= 11 is 0. The zero-order chi connectivity index (χ0) is 22.5. The van der Waals surface area contributed by atoms with Gasteiger partial charge in [-0.3, -0.25) is 9.35 Å². The van der Waals surface area contributed by atoms with Gasteiger partial charge in [0.2, 0.25) is 0 Å². The van der Waals surface area contributed by atoms with E-state index >= 15 is 0 Å². The van der Waals surface area contributed by atoms with Crippen LogP contribution in [-0.2, 0) is 29.2 Å². The van der Waals surface area contributed by atoms with Crippen LogP contribution in [0.2, 0.25) is 0 Å². The van der Waals surface area contributed by atoms with Gasteiger partial charge in [0.15, 0.2) is 6.17 Å². The maximum Gasteiger partial charge on any atom is 0.400 e. The van der Waals surface area contributed by atoms with Gasteiger partial charge in [0.25, 0.3) is 0 Å². The predicted octanol–water partition coefficient (Wildman–Crippen LogP) is 3.20. The molecule has 4 aliphatic carbocycles. The van der Waals surface area contributed by atoms with Crippen molar-refractivity contribution < 1.29 is 45.2 Å². The van der Waals surface area contributed by atoms with Crippen molar-refractivity contribution >= 4 is 22.1 Å². The maximum absolute atomic E-state index is 13.6. The van der Waals surface area contributed by atoms with Crippen LogP contribution in [0.3, 0.4) is 0 Å². The van der Waals surface area contributed by atoms with Gasteiger partial charge >= 0.3 is 27.3 Å². The largest absolute Gasteiger partial charge is 0.465 e. The minimum Gasteiger partial charge on any atom is -0.465 e. The van der Waals surface area contributed by atoms with E-state index < -0.39 is 57.5 Å². The van der Waals surface area contributed by atoms with Gasteiger partial charge in [-0.1, -0.05) is 6.58 Å². The number of hydrogen-bond acceptors (Lipinski definition) is 6. The highest BCUT2D eigenvalue weighted by molar-refractivity contribution is 7.86. The first-order valence-corrected chi connectivity index (χ1v) is 11.2. The third-order valence-corrected chi connectivity index (χ3v) is 7.35. The van der Waals surface area contributed by atoms with Crippen molar-refractivity contribution in [3.8, 4) is 0 Å². The summed E-state index contributed by atoms with van der Waals surface area (Å²) in [7, 11) is -5.92. The molecule has 7 nitrogen and oxygen atoms in total. The Bertz CT molecular complexity index is 840. The standard InChI is InChI=1S/C19H25F3O7S/c1-11(2)15(23)29-18-8-12-5-13(9-18)7-17(6-12,10-18)16(24)28-4-3-14(20)19(21,22)30(25,26)27/h12-14H,1,3-10H2,2H3,(H,25,26,27). The molecule has 0 heterocycles. The Morgan fingerprint density at radius 3 is 2.30 bits per heavy atom. The van der Waals surface area contributed by atoms with Gasteiger partial charge in [-0.2, -0.15) is 17.2 Å². The van der Waals surface area contributed by atoms with E-state index in [0.29, 0.717) is 25.7 Å². The highest BCUT2D eigenvalue weighted by Gasteiger charge is 2.63. The minimum absolute atomic E-state index is 0.148. The molecule has 11 heteroatoms.